The van der Waals surface area contributed by atoms with E-state index in [4.69, 9.17) is 4.42 Å². The molecule has 5 heterocycles. The van der Waals surface area contributed by atoms with Crippen molar-refractivity contribution in [3.05, 3.63) is 253 Å². The Balaban J connectivity index is 0.000000174. The predicted molar refractivity (Wildman–Crippen MR) is 391 cm³/mol. The van der Waals surface area contributed by atoms with Crippen molar-refractivity contribution in [1.82, 2.24) is 35.3 Å². The number of furan rings is 1. The number of hydrogen-bond donors (Lipinski definition) is 1. The third kappa shape index (κ3) is 22.0. The summed E-state index contributed by atoms with van der Waals surface area (Å²) < 4.78 is 44.0. The van der Waals surface area contributed by atoms with E-state index in [9.17, 15) is 13.2 Å². The second-order valence-electron chi connectivity index (χ2n) is 31.4. The second kappa shape index (κ2) is 31.1. The van der Waals surface area contributed by atoms with E-state index in [2.05, 4.69) is 257 Å². The maximum Gasteiger partial charge on any atom is 0.396 e. The SMILES string of the molecule is CC(C)(C)C(c1ccccc1)C(F)(F)F.CC(C)(C)Cc1ccccc1.CC(C)(C)c1[nH]nc2ccccc12.CC(C)(C)c1ccc2occc2c1.CC(C)(C)c1nccc2ccccc12.CC(C)(C)c1ncnc2ccccc12.CC(C)(C)c1nncc2ccccc12. The number of aromatic nitrogens is 7. The maximum atomic E-state index is 12.9. The van der Waals surface area contributed by atoms with Gasteiger partial charge < -0.3 is 4.42 Å². The minimum absolute atomic E-state index is 0.0495. The molecule has 0 amide bonds. The number of nitrogens with one attached hydrogen (secondary N) is 1. The van der Waals surface area contributed by atoms with E-state index in [-0.39, 0.29) is 27.1 Å². The van der Waals surface area contributed by atoms with Crippen LogP contribution in [0.25, 0.3) is 54.3 Å². The number of para-hydroxylation sites is 2. The number of nitrogens with zero attached hydrogens (tertiary/aromatic N) is 6. The summed E-state index contributed by atoms with van der Waals surface area (Å²) >= 11 is 0. The Morgan fingerprint density at radius 2 is 0.926 bits per heavy atom. The highest BCUT2D eigenvalue weighted by Crippen LogP contribution is 2.46. The summed E-state index contributed by atoms with van der Waals surface area (Å²) in [4.78, 5) is 13.1. The van der Waals surface area contributed by atoms with Gasteiger partial charge in [-0.3, -0.25) is 10.1 Å². The molecule has 7 aromatic carbocycles. The maximum absolute atomic E-state index is 12.9. The van der Waals surface area contributed by atoms with Crippen molar-refractivity contribution in [2.45, 2.75) is 191 Å². The van der Waals surface area contributed by atoms with E-state index in [1.165, 1.54) is 61.6 Å². The van der Waals surface area contributed by atoms with Gasteiger partial charge in [0.05, 0.1) is 46.5 Å². The molecule has 1 atom stereocenters. The quantitative estimate of drug-likeness (QED) is 0.184. The summed E-state index contributed by atoms with van der Waals surface area (Å²) in [6, 6.07) is 62.1. The Hall–Kier alpha value is -8.57. The number of fused-ring (bicyclic) bond motifs is 5. The zero-order valence-corrected chi connectivity index (χ0v) is 59.7. The minimum Gasteiger partial charge on any atom is -0.464 e. The first-order valence-corrected chi connectivity index (χ1v) is 32.6. The molecule has 0 aliphatic carbocycles. The lowest BCUT2D eigenvalue weighted by Gasteiger charge is -2.32. The Bertz CT molecular complexity index is 4030. The first kappa shape index (κ1) is 74.5. The van der Waals surface area contributed by atoms with Gasteiger partial charge in [0.25, 0.3) is 0 Å². The highest BCUT2D eigenvalue weighted by Gasteiger charge is 2.47. The van der Waals surface area contributed by atoms with E-state index in [1.807, 2.05) is 73.1 Å². The summed E-state index contributed by atoms with van der Waals surface area (Å²) in [5.74, 6) is -1.41. The molecule has 0 saturated carbocycles. The van der Waals surface area contributed by atoms with Gasteiger partial charge in [-0.2, -0.15) is 28.5 Å². The van der Waals surface area contributed by atoms with Crippen molar-refractivity contribution in [1.29, 1.82) is 0 Å². The van der Waals surface area contributed by atoms with Gasteiger partial charge in [0, 0.05) is 65.9 Å². The Kier molecular flexibility index (Phi) is 24.7. The number of halogens is 3. The monoisotopic (exact) mass is 1270 g/mol. The Labute approximate surface area is 558 Å². The third-order valence-electron chi connectivity index (χ3n) is 15.4. The summed E-state index contributed by atoms with van der Waals surface area (Å²) in [5, 5.41) is 24.1. The summed E-state index contributed by atoms with van der Waals surface area (Å²) in [6.07, 6.45) is 4.04. The summed E-state index contributed by atoms with van der Waals surface area (Å²) in [6.45, 7) is 44.4. The second-order valence-corrected chi connectivity index (χ2v) is 31.4. The molecular weight excluding hydrogens is 1170 g/mol. The number of alkyl halides is 3. The molecule has 0 spiro atoms. The van der Waals surface area contributed by atoms with Gasteiger partial charge in [0.1, 0.15) is 11.9 Å². The van der Waals surface area contributed by atoms with Crippen LogP contribution in [0.1, 0.15) is 191 Å². The highest BCUT2D eigenvalue weighted by molar-refractivity contribution is 5.86. The highest BCUT2D eigenvalue weighted by atomic mass is 19.4. The van der Waals surface area contributed by atoms with Crippen LogP contribution in [0, 0.1) is 10.8 Å². The molecule has 1 unspecified atom stereocenters. The lowest BCUT2D eigenvalue weighted by atomic mass is 9.76. The van der Waals surface area contributed by atoms with Crippen LogP contribution < -0.4 is 0 Å². The molecule has 0 aliphatic rings. The van der Waals surface area contributed by atoms with Crippen LogP contribution in [0.5, 0.6) is 0 Å². The predicted octanol–water partition coefficient (Wildman–Crippen LogP) is 23.6. The van der Waals surface area contributed by atoms with Crippen LogP contribution in [0.4, 0.5) is 13.2 Å². The van der Waals surface area contributed by atoms with Crippen molar-refractivity contribution in [3.8, 4) is 0 Å². The van der Waals surface area contributed by atoms with Gasteiger partial charge in [-0.15, -0.1) is 0 Å². The lowest BCUT2D eigenvalue weighted by Crippen LogP contribution is -2.32. The van der Waals surface area contributed by atoms with Crippen molar-refractivity contribution in [2.24, 2.45) is 10.8 Å². The molecule has 0 bridgehead atoms. The van der Waals surface area contributed by atoms with Crippen LogP contribution in [-0.4, -0.2) is 41.5 Å². The van der Waals surface area contributed by atoms with Crippen LogP contribution in [0.2, 0.25) is 0 Å². The average Bonchev–Trinajstić information content (AvgIpc) is 1.04. The average molecular weight is 1270 g/mol. The van der Waals surface area contributed by atoms with E-state index in [0.29, 0.717) is 11.0 Å². The molecule has 0 aliphatic heterocycles. The van der Waals surface area contributed by atoms with Gasteiger partial charge in [-0.1, -0.05) is 297 Å². The number of hydrogen-bond acceptors (Lipinski definition) is 7. The normalized spacial score (nSPS) is 12.5. The van der Waals surface area contributed by atoms with Gasteiger partial charge in [-0.05, 0) is 81.1 Å². The number of H-pyrrole nitrogens is 1. The number of benzene rings is 7. The van der Waals surface area contributed by atoms with E-state index >= 15 is 0 Å². The Morgan fingerprint density at radius 1 is 0.426 bits per heavy atom. The molecule has 11 heteroatoms. The standard InChI is InChI=1S/C13H15N.C12H15F3.2C12H14N2.C12H14O.C11H14N2.C11H16/c1-13(2,3)12-11-7-5-4-6-10(11)8-9-14-12;1-11(2,3)10(12(13,14)15)9-7-5-4-6-8-9;1-12(2,3)11-9-6-4-5-7-10(9)13-8-14-11;1-12(2,3)11-10-7-5-4-6-9(10)8-13-14-11;1-12(2,3)10-4-5-11-9(8-10)6-7-13-11;1-11(2,3)10-8-6-4-5-7-9(8)12-13-10;1-11(2,3)9-10-7-5-4-6-8-10/h4-9H,1-3H3;4-8,10H,1-3H3;2*4-8H,1-3H3;4-8H,1-3H3;4-7H,1-3H3,(H,12,13);4-8H,9H2,1-3H3. The number of aromatic amines is 1. The fourth-order valence-corrected chi connectivity index (χ4v) is 10.9. The van der Waals surface area contributed by atoms with Crippen molar-refractivity contribution in [3.63, 3.8) is 0 Å². The molecule has 0 saturated heterocycles. The molecule has 496 valence electrons. The molecule has 1 N–H and O–H groups in total. The van der Waals surface area contributed by atoms with Crippen LogP contribution in [0.15, 0.2) is 217 Å². The molecule has 0 fully saturated rings. The fourth-order valence-electron chi connectivity index (χ4n) is 10.9. The molecule has 8 nitrogen and oxygen atoms in total. The number of rotatable bonds is 2. The van der Waals surface area contributed by atoms with Gasteiger partial charge in [0.2, 0.25) is 0 Å². The van der Waals surface area contributed by atoms with Gasteiger partial charge >= 0.3 is 6.18 Å². The first-order chi connectivity index (χ1) is 43.7. The van der Waals surface area contributed by atoms with Gasteiger partial charge in [-0.25, -0.2) is 9.97 Å². The topological polar surface area (TPSA) is 106 Å². The van der Waals surface area contributed by atoms with E-state index < -0.39 is 17.5 Å². The fraction of sp³-hybridized carbons (Fsp3) is 0.373. The smallest absolute Gasteiger partial charge is 0.396 e. The minimum atomic E-state index is -4.19. The largest absolute Gasteiger partial charge is 0.464 e. The lowest BCUT2D eigenvalue weighted by molar-refractivity contribution is -0.171. The zero-order chi connectivity index (χ0) is 69.5. The van der Waals surface area contributed by atoms with Crippen molar-refractivity contribution < 1.29 is 17.6 Å². The van der Waals surface area contributed by atoms with Crippen molar-refractivity contribution in [2.75, 3.05) is 0 Å². The van der Waals surface area contributed by atoms with Crippen LogP contribution in [-0.2, 0) is 33.5 Å². The Morgan fingerprint density at radius 3 is 1.47 bits per heavy atom. The first-order valence-electron chi connectivity index (χ1n) is 32.6. The summed E-state index contributed by atoms with van der Waals surface area (Å²) in [5.41, 5.74) is 10.9. The van der Waals surface area contributed by atoms with Gasteiger partial charge in [0.15, 0.2) is 0 Å². The summed E-state index contributed by atoms with van der Waals surface area (Å²) in [7, 11) is 0. The number of pyridine rings is 1. The van der Waals surface area contributed by atoms with E-state index in [1.54, 1.807) is 51.6 Å². The molecule has 5 aromatic heterocycles. The zero-order valence-electron chi connectivity index (χ0n) is 59.7. The molecule has 12 rings (SSSR count). The molecule has 12 aromatic rings. The molecule has 94 heavy (non-hydrogen) atoms. The van der Waals surface area contributed by atoms with E-state index in [0.717, 1.165) is 45.2 Å². The van der Waals surface area contributed by atoms with Crippen LogP contribution >= 0.6 is 0 Å². The molecular formula is C83H102F3N7O. The third-order valence-corrected chi connectivity index (χ3v) is 15.4. The van der Waals surface area contributed by atoms with Crippen LogP contribution in [0.3, 0.4) is 0 Å². The van der Waals surface area contributed by atoms with Crippen molar-refractivity contribution >= 4 is 54.3 Å². The molecule has 0 radical (unpaired) electrons.